The van der Waals surface area contributed by atoms with Crippen LogP contribution in [-0.4, -0.2) is 51.1 Å². The van der Waals surface area contributed by atoms with Gasteiger partial charge in [-0.05, 0) is 50.1 Å². The van der Waals surface area contributed by atoms with Gasteiger partial charge in [0, 0.05) is 29.9 Å². The Kier molecular flexibility index (Phi) is 5.55. The third kappa shape index (κ3) is 2.64. The average molecular weight is 555 g/mol. The molecule has 2 aromatic rings. The van der Waals surface area contributed by atoms with Gasteiger partial charge in [0.05, 0.1) is 25.0 Å². The molecule has 2 aromatic carbocycles. The summed E-state index contributed by atoms with van der Waals surface area (Å²) >= 11 is 3.47. The molecule has 2 spiro atoms. The maximum atomic E-state index is 14.4. The first-order valence-electron chi connectivity index (χ1n) is 11.9. The number of benzene rings is 2. The zero-order chi connectivity index (χ0) is 26.2. The van der Waals surface area contributed by atoms with Crippen LogP contribution in [0.4, 0.5) is 11.4 Å². The van der Waals surface area contributed by atoms with Crippen molar-refractivity contribution in [1.29, 1.82) is 0 Å². The molecule has 1 saturated carbocycles. The van der Waals surface area contributed by atoms with Crippen molar-refractivity contribution in [2.45, 2.75) is 31.6 Å². The number of likely N-dealkylation sites (N-methyl/N-ethyl adjacent to an activating group) is 2. The van der Waals surface area contributed by atoms with Crippen LogP contribution in [0.2, 0.25) is 0 Å². The number of hydrogen-bond acceptors (Lipinski definition) is 6. The first-order valence-corrected chi connectivity index (χ1v) is 12.7. The second-order valence-corrected chi connectivity index (χ2v) is 10.4. The number of hydrogen-bond donors (Lipinski definition) is 0. The Balaban J connectivity index is 1.93. The summed E-state index contributed by atoms with van der Waals surface area (Å²) in [6.07, 6.45) is 0. The molecular formula is C27H27BrN2O6. The number of amides is 2. The normalized spacial score (nSPS) is 27.8. The van der Waals surface area contributed by atoms with Crippen LogP contribution in [0.5, 0.6) is 0 Å². The number of halogens is 1. The van der Waals surface area contributed by atoms with Crippen molar-refractivity contribution in [3.63, 3.8) is 0 Å². The van der Waals surface area contributed by atoms with E-state index in [1.165, 1.54) is 9.80 Å². The minimum atomic E-state index is -1.67. The van der Waals surface area contributed by atoms with Crippen molar-refractivity contribution >= 4 is 51.1 Å². The maximum Gasteiger partial charge on any atom is 0.311 e. The highest BCUT2D eigenvalue weighted by molar-refractivity contribution is 9.10. The monoisotopic (exact) mass is 554 g/mol. The molecule has 188 valence electrons. The van der Waals surface area contributed by atoms with Crippen molar-refractivity contribution < 1.29 is 28.7 Å². The van der Waals surface area contributed by atoms with Gasteiger partial charge in [-0.1, -0.05) is 39.7 Å². The van der Waals surface area contributed by atoms with Crippen LogP contribution >= 0.6 is 15.9 Å². The Bertz CT molecular complexity index is 1340. The lowest BCUT2D eigenvalue weighted by Gasteiger charge is -2.61. The molecule has 1 aliphatic carbocycles. The third-order valence-corrected chi connectivity index (χ3v) is 8.43. The third-order valence-electron chi connectivity index (χ3n) is 7.94. The molecule has 1 fully saturated rings. The standard InChI is InChI=1S/C27H27BrN2O6/c1-6-35-22(31)20-21(23(32)36-7-2)27(17-12-14(3)8-11-18(17)29(4)25(27)34)26(20)16-10-9-15(28)13-19(16)30(5)24(26)33/h8-13,20-21H,6-7H2,1-5H3/t20-,21-,26+,27+/m0/s1. The molecule has 8 nitrogen and oxygen atoms in total. The van der Waals surface area contributed by atoms with E-state index < -0.39 is 46.4 Å². The first-order chi connectivity index (χ1) is 17.1. The van der Waals surface area contributed by atoms with Crippen molar-refractivity contribution in [3.8, 4) is 0 Å². The summed E-state index contributed by atoms with van der Waals surface area (Å²) in [6.45, 7) is 5.35. The van der Waals surface area contributed by atoms with Gasteiger partial charge in [-0.15, -0.1) is 0 Å². The van der Waals surface area contributed by atoms with Gasteiger partial charge in [-0.25, -0.2) is 0 Å². The summed E-state index contributed by atoms with van der Waals surface area (Å²) in [5.74, 6) is -4.71. The van der Waals surface area contributed by atoms with Gasteiger partial charge in [0.2, 0.25) is 11.8 Å². The summed E-state index contributed by atoms with van der Waals surface area (Å²) in [5.41, 5.74) is -0.241. The number of ether oxygens (including phenoxy) is 2. The molecule has 2 aliphatic heterocycles. The molecule has 2 heterocycles. The maximum absolute atomic E-state index is 14.4. The van der Waals surface area contributed by atoms with E-state index in [4.69, 9.17) is 9.47 Å². The quantitative estimate of drug-likeness (QED) is 0.538. The Morgan fingerprint density at radius 3 is 1.92 bits per heavy atom. The number of anilines is 2. The lowest BCUT2D eigenvalue weighted by molar-refractivity contribution is -0.194. The van der Waals surface area contributed by atoms with E-state index in [-0.39, 0.29) is 13.2 Å². The van der Waals surface area contributed by atoms with Gasteiger partial charge < -0.3 is 19.3 Å². The number of fused-ring (bicyclic) bond motifs is 5. The minimum Gasteiger partial charge on any atom is -0.466 e. The van der Waals surface area contributed by atoms with Crippen LogP contribution < -0.4 is 9.80 Å². The fraction of sp³-hybridized carbons (Fsp3) is 0.407. The van der Waals surface area contributed by atoms with Crippen LogP contribution in [0.1, 0.15) is 30.5 Å². The molecule has 0 aromatic heterocycles. The van der Waals surface area contributed by atoms with Crippen LogP contribution in [0.3, 0.4) is 0 Å². The molecule has 0 radical (unpaired) electrons. The highest BCUT2D eigenvalue weighted by Crippen LogP contribution is 2.73. The summed E-state index contributed by atoms with van der Waals surface area (Å²) in [4.78, 5) is 59.0. The average Bonchev–Trinajstić information content (AvgIpc) is 3.19. The van der Waals surface area contributed by atoms with E-state index in [9.17, 15) is 19.2 Å². The second-order valence-electron chi connectivity index (χ2n) is 9.49. The SMILES string of the molecule is CCOC(=O)[C@@H]1[C@@H](C(=O)OCC)[C@]2(C(=O)N(C)c3ccc(C)cc32)[C@@]12C(=O)N(C)c1cc(Br)ccc12. The van der Waals surface area contributed by atoms with Crippen molar-refractivity contribution in [2.75, 3.05) is 37.1 Å². The Morgan fingerprint density at radius 2 is 1.36 bits per heavy atom. The van der Waals surface area contributed by atoms with Crippen molar-refractivity contribution in [3.05, 3.63) is 57.6 Å². The van der Waals surface area contributed by atoms with E-state index in [1.54, 1.807) is 46.1 Å². The highest BCUT2D eigenvalue weighted by Gasteiger charge is 2.88. The van der Waals surface area contributed by atoms with E-state index in [0.29, 0.717) is 22.5 Å². The largest absolute Gasteiger partial charge is 0.466 e. The molecule has 0 saturated heterocycles. The molecule has 2 amide bonds. The lowest BCUT2D eigenvalue weighted by Crippen LogP contribution is -2.80. The molecule has 3 aliphatic rings. The fourth-order valence-electron chi connectivity index (χ4n) is 6.70. The lowest BCUT2D eigenvalue weighted by atomic mass is 9.34. The van der Waals surface area contributed by atoms with Crippen LogP contribution in [0.15, 0.2) is 40.9 Å². The van der Waals surface area contributed by atoms with Gasteiger partial charge >= 0.3 is 11.9 Å². The summed E-state index contributed by atoms with van der Waals surface area (Å²) in [6, 6.07) is 10.9. The zero-order valence-electron chi connectivity index (χ0n) is 20.8. The number of aryl methyl sites for hydroxylation is 1. The second kappa shape index (κ2) is 8.16. The predicted molar refractivity (Wildman–Crippen MR) is 136 cm³/mol. The minimum absolute atomic E-state index is 0.0642. The Morgan fingerprint density at radius 1 is 0.833 bits per heavy atom. The summed E-state index contributed by atoms with van der Waals surface area (Å²) in [7, 11) is 3.25. The van der Waals surface area contributed by atoms with Crippen LogP contribution in [-0.2, 0) is 39.5 Å². The van der Waals surface area contributed by atoms with E-state index in [0.717, 1.165) is 10.0 Å². The topological polar surface area (TPSA) is 93.2 Å². The summed E-state index contributed by atoms with van der Waals surface area (Å²) in [5, 5.41) is 0. The van der Waals surface area contributed by atoms with Crippen LogP contribution in [0, 0.1) is 18.8 Å². The molecule has 4 atom stereocenters. The van der Waals surface area contributed by atoms with Gasteiger partial charge in [-0.2, -0.15) is 0 Å². The molecule has 0 unspecified atom stereocenters. The molecule has 0 N–H and O–H groups in total. The van der Waals surface area contributed by atoms with E-state index in [2.05, 4.69) is 15.9 Å². The van der Waals surface area contributed by atoms with E-state index in [1.807, 2.05) is 25.1 Å². The van der Waals surface area contributed by atoms with Crippen molar-refractivity contribution in [1.82, 2.24) is 0 Å². The van der Waals surface area contributed by atoms with Gasteiger partial charge in [0.1, 0.15) is 10.8 Å². The highest BCUT2D eigenvalue weighted by atomic mass is 79.9. The predicted octanol–water partition coefficient (Wildman–Crippen LogP) is 3.26. The first kappa shape index (κ1) is 24.5. The van der Waals surface area contributed by atoms with Gasteiger partial charge in [0.15, 0.2) is 0 Å². The fourth-order valence-corrected chi connectivity index (χ4v) is 7.05. The number of esters is 2. The molecule has 5 rings (SSSR count). The van der Waals surface area contributed by atoms with Gasteiger partial charge in [0.25, 0.3) is 0 Å². The van der Waals surface area contributed by atoms with Crippen molar-refractivity contribution in [2.24, 2.45) is 11.8 Å². The number of carbonyl (C=O) groups is 4. The van der Waals surface area contributed by atoms with E-state index >= 15 is 0 Å². The Hall–Kier alpha value is -3.20. The zero-order valence-corrected chi connectivity index (χ0v) is 22.3. The number of carbonyl (C=O) groups excluding carboxylic acids is 4. The Labute approximate surface area is 217 Å². The molecular weight excluding hydrogens is 528 g/mol. The molecule has 9 heteroatoms. The number of nitrogens with zero attached hydrogens (tertiary/aromatic N) is 2. The smallest absolute Gasteiger partial charge is 0.311 e. The van der Waals surface area contributed by atoms with Gasteiger partial charge in [-0.3, -0.25) is 19.2 Å². The summed E-state index contributed by atoms with van der Waals surface area (Å²) < 4.78 is 11.6. The molecule has 36 heavy (non-hydrogen) atoms. The number of rotatable bonds is 4. The molecule has 0 bridgehead atoms. The van der Waals surface area contributed by atoms with Crippen LogP contribution in [0.25, 0.3) is 0 Å².